The first-order chi connectivity index (χ1) is 9.81. The second-order valence-corrected chi connectivity index (χ2v) is 5.77. The van der Waals surface area contributed by atoms with Crippen molar-refractivity contribution in [2.24, 2.45) is 0 Å². The lowest BCUT2D eigenvalue weighted by atomic mass is 10.2. The second kappa shape index (κ2) is 7.14. The minimum absolute atomic E-state index is 0.281. The fraction of sp³-hybridized carbons (Fsp3) is 0.333. The summed E-state index contributed by atoms with van der Waals surface area (Å²) in [5, 5.41) is 2.40. The Morgan fingerprint density at radius 3 is 2.57 bits per heavy atom. The van der Waals surface area contributed by atoms with Gasteiger partial charge in [-0.05, 0) is 32.2 Å². The van der Waals surface area contributed by atoms with E-state index in [1.54, 1.807) is 6.92 Å². The van der Waals surface area contributed by atoms with Crippen molar-refractivity contribution >= 4 is 21.9 Å². The second-order valence-electron chi connectivity index (χ2n) is 3.88. The molecular weight excluding hydrogens is 303 g/mol. The predicted octanol–water partition coefficient (Wildman–Crippen LogP) is 0.0267. The van der Waals surface area contributed by atoms with Gasteiger partial charge in [-0.15, -0.1) is 0 Å². The number of hydrogen-bond donors (Lipinski definition) is 2. The van der Waals surface area contributed by atoms with Gasteiger partial charge in [0.1, 0.15) is 5.82 Å². The molecule has 116 valence electrons. The van der Waals surface area contributed by atoms with Crippen molar-refractivity contribution in [3.05, 3.63) is 29.6 Å². The number of carbonyl (C=O) groups excluding carboxylic acids is 2. The first kappa shape index (κ1) is 17.1. The number of hydrogen-bond acceptors (Lipinski definition) is 5. The normalized spacial score (nSPS) is 11.0. The number of carbonyl (C=O) groups is 2. The molecule has 0 fully saturated rings. The van der Waals surface area contributed by atoms with Crippen LogP contribution in [0.2, 0.25) is 0 Å². The summed E-state index contributed by atoms with van der Waals surface area (Å²) in [6.07, 6.45) is 0. The maximum atomic E-state index is 13.6. The molecule has 0 atom stereocenters. The molecule has 0 unspecified atom stereocenters. The number of sulfonamides is 1. The molecule has 1 aromatic rings. The molecule has 1 aromatic carbocycles. The molecule has 0 heterocycles. The molecule has 1 rings (SSSR count). The van der Waals surface area contributed by atoms with Gasteiger partial charge < -0.3 is 10.1 Å². The van der Waals surface area contributed by atoms with Crippen LogP contribution in [0.3, 0.4) is 0 Å². The van der Waals surface area contributed by atoms with E-state index in [0.717, 1.165) is 18.2 Å². The van der Waals surface area contributed by atoms with Crippen LogP contribution in [-0.2, 0) is 19.6 Å². The average molecular weight is 318 g/mol. The third-order valence-electron chi connectivity index (χ3n) is 2.45. The molecule has 0 aliphatic carbocycles. The summed E-state index contributed by atoms with van der Waals surface area (Å²) in [6, 6.07) is 2.70. The largest absolute Gasteiger partial charge is 0.452 e. The number of rotatable bonds is 6. The molecule has 2 N–H and O–H groups in total. The molecule has 9 heteroatoms. The van der Waals surface area contributed by atoms with Crippen LogP contribution < -0.4 is 10.0 Å². The van der Waals surface area contributed by atoms with E-state index in [4.69, 9.17) is 0 Å². The van der Waals surface area contributed by atoms with Crippen molar-refractivity contribution in [1.29, 1.82) is 0 Å². The third kappa shape index (κ3) is 4.50. The molecule has 0 spiro atoms. The number of ether oxygens (including phenoxy) is 1. The number of amides is 1. The van der Waals surface area contributed by atoms with Crippen LogP contribution in [0.25, 0.3) is 0 Å². The first-order valence-electron chi connectivity index (χ1n) is 5.98. The zero-order chi connectivity index (χ0) is 16.0. The van der Waals surface area contributed by atoms with Gasteiger partial charge in [-0.25, -0.2) is 22.3 Å². The van der Waals surface area contributed by atoms with Gasteiger partial charge in [0.25, 0.3) is 5.91 Å². The summed E-state index contributed by atoms with van der Waals surface area (Å²) >= 11 is 0. The summed E-state index contributed by atoms with van der Waals surface area (Å²) in [5.41, 5.74) is -0.560. The van der Waals surface area contributed by atoms with E-state index in [1.165, 1.54) is 7.05 Å². The molecule has 0 saturated heterocycles. The SMILES string of the molecule is CCNC(=O)COC(=O)c1cc(S(=O)(=O)NC)ccc1F. The zero-order valence-electron chi connectivity index (χ0n) is 11.5. The highest BCUT2D eigenvalue weighted by molar-refractivity contribution is 7.89. The molecular formula is C12H15FN2O5S. The van der Waals surface area contributed by atoms with Crippen LogP contribution in [-0.4, -0.2) is 40.5 Å². The number of nitrogens with one attached hydrogen (secondary N) is 2. The molecule has 0 aliphatic heterocycles. The van der Waals surface area contributed by atoms with Crippen molar-refractivity contribution in [3.63, 3.8) is 0 Å². The maximum Gasteiger partial charge on any atom is 0.341 e. The van der Waals surface area contributed by atoms with Crippen molar-refractivity contribution in [1.82, 2.24) is 10.0 Å². The lowest BCUT2D eigenvalue weighted by molar-refractivity contribution is -0.124. The van der Waals surface area contributed by atoms with Crippen molar-refractivity contribution in [2.75, 3.05) is 20.2 Å². The minimum Gasteiger partial charge on any atom is -0.452 e. The van der Waals surface area contributed by atoms with Gasteiger partial charge in [-0.2, -0.15) is 0 Å². The van der Waals surface area contributed by atoms with Crippen LogP contribution in [0.5, 0.6) is 0 Å². The molecule has 0 saturated carbocycles. The summed E-state index contributed by atoms with van der Waals surface area (Å²) in [4.78, 5) is 22.6. The minimum atomic E-state index is -3.81. The lowest BCUT2D eigenvalue weighted by Crippen LogP contribution is -2.28. The number of halogens is 1. The van der Waals surface area contributed by atoms with E-state index >= 15 is 0 Å². The Morgan fingerprint density at radius 2 is 2.00 bits per heavy atom. The molecule has 0 aromatic heterocycles. The Bertz CT molecular complexity index is 645. The van der Waals surface area contributed by atoms with Gasteiger partial charge in [0.2, 0.25) is 10.0 Å². The summed E-state index contributed by atoms with van der Waals surface area (Å²) in [5.74, 6) is -2.59. The summed E-state index contributed by atoms with van der Waals surface area (Å²) < 4.78 is 43.4. The molecule has 1 amide bonds. The first-order valence-corrected chi connectivity index (χ1v) is 7.47. The van der Waals surface area contributed by atoms with E-state index in [0.29, 0.717) is 6.54 Å². The highest BCUT2D eigenvalue weighted by Crippen LogP contribution is 2.15. The van der Waals surface area contributed by atoms with Crippen LogP contribution in [0.4, 0.5) is 4.39 Å². The zero-order valence-corrected chi connectivity index (χ0v) is 12.3. The monoisotopic (exact) mass is 318 g/mol. The van der Waals surface area contributed by atoms with Crippen LogP contribution in [0, 0.1) is 5.82 Å². The highest BCUT2D eigenvalue weighted by atomic mass is 32.2. The highest BCUT2D eigenvalue weighted by Gasteiger charge is 2.19. The summed E-state index contributed by atoms with van der Waals surface area (Å²) in [7, 11) is -2.63. The fourth-order valence-corrected chi connectivity index (χ4v) is 2.16. The third-order valence-corrected chi connectivity index (χ3v) is 3.86. The van der Waals surface area contributed by atoms with Gasteiger partial charge >= 0.3 is 5.97 Å². The molecule has 0 aliphatic rings. The van der Waals surface area contributed by atoms with Gasteiger partial charge in [-0.1, -0.05) is 0 Å². The van der Waals surface area contributed by atoms with Crippen LogP contribution >= 0.6 is 0 Å². The average Bonchev–Trinajstić information content (AvgIpc) is 2.45. The van der Waals surface area contributed by atoms with E-state index in [1.807, 2.05) is 4.72 Å². The standard InChI is InChI=1S/C12H15FN2O5S/c1-3-15-11(16)7-20-12(17)9-6-8(4-5-10(9)13)21(18,19)14-2/h4-6,14H,3,7H2,1-2H3,(H,15,16). The molecule has 21 heavy (non-hydrogen) atoms. The van der Waals surface area contributed by atoms with Crippen molar-refractivity contribution < 1.29 is 27.1 Å². The smallest absolute Gasteiger partial charge is 0.341 e. The maximum absolute atomic E-state index is 13.6. The predicted molar refractivity (Wildman–Crippen MR) is 71.6 cm³/mol. The number of benzene rings is 1. The van der Waals surface area contributed by atoms with Gasteiger partial charge in [0, 0.05) is 6.54 Å². The van der Waals surface area contributed by atoms with Gasteiger partial charge in [0.15, 0.2) is 6.61 Å². The van der Waals surface area contributed by atoms with Crippen molar-refractivity contribution in [2.45, 2.75) is 11.8 Å². The number of esters is 1. The fourth-order valence-electron chi connectivity index (χ4n) is 1.40. The Hall–Kier alpha value is -2.00. The molecule has 7 nitrogen and oxygen atoms in total. The van der Waals surface area contributed by atoms with E-state index in [-0.39, 0.29) is 4.90 Å². The molecule has 0 radical (unpaired) electrons. The summed E-state index contributed by atoms with van der Waals surface area (Å²) in [6.45, 7) is 1.47. The Kier molecular flexibility index (Phi) is 5.79. The topological polar surface area (TPSA) is 102 Å². The number of likely N-dealkylation sites (N-methyl/N-ethyl adjacent to an activating group) is 1. The van der Waals surface area contributed by atoms with Crippen molar-refractivity contribution in [3.8, 4) is 0 Å². The van der Waals surface area contributed by atoms with E-state index in [9.17, 15) is 22.4 Å². The van der Waals surface area contributed by atoms with Crippen LogP contribution in [0.1, 0.15) is 17.3 Å². The quantitative estimate of drug-likeness (QED) is 0.720. The lowest BCUT2D eigenvalue weighted by Gasteiger charge is -2.08. The molecule has 0 bridgehead atoms. The van der Waals surface area contributed by atoms with Gasteiger partial charge in [-0.3, -0.25) is 4.79 Å². The van der Waals surface area contributed by atoms with Gasteiger partial charge in [0.05, 0.1) is 10.5 Å². The Balaban J connectivity index is 2.94. The van der Waals surface area contributed by atoms with Crippen LogP contribution in [0.15, 0.2) is 23.1 Å². The van der Waals surface area contributed by atoms with E-state index in [2.05, 4.69) is 10.1 Å². The Labute approximate surface area is 121 Å². The Morgan fingerprint density at radius 1 is 1.33 bits per heavy atom. The van der Waals surface area contributed by atoms with E-state index < -0.39 is 39.9 Å².